The first kappa shape index (κ1) is 14.8. The molecule has 0 saturated heterocycles. The Balaban J connectivity index is 2.13. The molecular weight excluding hydrogens is 248 g/mol. The number of benzene rings is 1. The van der Waals surface area contributed by atoms with Gasteiger partial charge in [-0.25, -0.2) is 0 Å². The highest BCUT2D eigenvalue weighted by Crippen LogP contribution is 2.21. The summed E-state index contributed by atoms with van der Waals surface area (Å²) < 4.78 is 1.94. The monoisotopic (exact) mass is 272 g/mol. The second-order valence-corrected chi connectivity index (χ2v) is 5.22. The summed E-state index contributed by atoms with van der Waals surface area (Å²) in [6, 6.07) is 8.69. The molecule has 0 saturated carbocycles. The molecule has 0 aliphatic carbocycles. The Morgan fingerprint density at radius 1 is 1.35 bits per heavy atom. The summed E-state index contributed by atoms with van der Waals surface area (Å²) in [7, 11) is 2.12. The van der Waals surface area contributed by atoms with Crippen LogP contribution in [-0.4, -0.2) is 28.3 Å². The third-order valence-corrected chi connectivity index (χ3v) is 3.80. The first-order chi connectivity index (χ1) is 9.65. The van der Waals surface area contributed by atoms with Crippen LogP contribution in [0.4, 0.5) is 0 Å². The molecule has 0 amide bonds. The van der Waals surface area contributed by atoms with Crippen LogP contribution in [0.3, 0.4) is 0 Å². The maximum atomic E-state index is 5.97. The average molecular weight is 272 g/mol. The van der Waals surface area contributed by atoms with Crippen LogP contribution in [0.15, 0.2) is 36.7 Å². The van der Waals surface area contributed by atoms with Crippen molar-refractivity contribution in [2.75, 3.05) is 13.6 Å². The van der Waals surface area contributed by atoms with Crippen molar-refractivity contribution in [3.63, 3.8) is 0 Å². The number of rotatable bonds is 6. The van der Waals surface area contributed by atoms with E-state index < -0.39 is 0 Å². The zero-order valence-corrected chi connectivity index (χ0v) is 12.6. The highest BCUT2D eigenvalue weighted by Gasteiger charge is 2.17. The van der Waals surface area contributed by atoms with Gasteiger partial charge in [0.2, 0.25) is 0 Å². The third-order valence-electron chi connectivity index (χ3n) is 3.80. The summed E-state index contributed by atoms with van der Waals surface area (Å²) in [6.45, 7) is 6.61. The second kappa shape index (κ2) is 6.68. The highest BCUT2D eigenvalue weighted by molar-refractivity contribution is 5.25. The van der Waals surface area contributed by atoms with Crippen molar-refractivity contribution in [3.05, 3.63) is 53.3 Å². The summed E-state index contributed by atoms with van der Waals surface area (Å²) in [5.41, 5.74) is 9.82. The molecule has 1 unspecified atom stereocenters. The minimum atomic E-state index is 0.204. The van der Waals surface area contributed by atoms with Gasteiger partial charge in [-0.1, -0.05) is 24.3 Å². The van der Waals surface area contributed by atoms with E-state index in [4.69, 9.17) is 5.73 Å². The van der Waals surface area contributed by atoms with Crippen LogP contribution in [-0.2, 0) is 13.1 Å². The molecule has 1 atom stereocenters. The molecule has 2 rings (SSSR count). The Morgan fingerprint density at radius 2 is 2.10 bits per heavy atom. The lowest BCUT2D eigenvalue weighted by Gasteiger charge is -2.26. The Kier molecular flexibility index (Phi) is 4.93. The lowest BCUT2D eigenvalue weighted by Crippen LogP contribution is -2.30. The minimum absolute atomic E-state index is 0.204. The topological polar surface area (TPSA) is 47.1 Å². The molecule has 108 valence electrons. The van der Waals surface area contributed by atoms with Crippen molar-refractivity contribution < 1.29 is 0 Å². The van der Waals surface area contributed by atoms with Crippen LogP contribution in [0.25, 0.3) is 0 Å². The zero-order chi connectivity index (χ0) is 14.5. The molecule has 0 aliphatic rings. The predicted molar refractivity (Wildman–Crippen MR) is 82.3 cm³/mol. The van der Waals surface area contributed by atoms with Gasteiger partial charge in [-0.05, 0) is 32.0 Å². The van der Waals surface area contributed by atoms with E-state index in [0.717, 1.165) is 13.1 Å². The SMILES string of the molecule is CCn1cc(C(CN)N(C)Cc2ccccc2C)cn1. The summed E-state index contributed by atoms with van der Waals surface area (Å²) in [6.07, 6.45) is 4.02. The van der Waals surface area contributed by atoms with Crippen LogP contribution in [0.1, 0.15) is 29.7 Å². The number of nitrogens with zero attached hydrogens (tertiary/aromatic N) is 3. The largest absolute Gasteiger partial charge is 0.329 e. The summed E-state index contributed by atoms with van der Waals surface area (Å²) in [5.74, 6) is 0. The number of likely N-dealkylation sites (N-methyl/N-ethyl adjacent to an activating group) is 1. The molecule has 0 bridgehead atoms. The van der Waals surface area contributed by atoms with Crippen LogP contribution in [0.2, 0.25) is 0 Å². The predicted octanol–water partition coefficient (Wildman–Crippen LogP) is 2.34. The molecule has 20 heavy (non-hydrogen) atoms. The van der Waals surface area contributed by atoms with Crippen LogP contribution < -0.4 is 5.73 Å². The van der Waals surface area contributed by atoms with Crippen molar-refractivity contribution >= 4 is 0 Å². The molecule has 4 heteroatoms. The van der Waals surface area contributed by atoms with E-state index in [0.29, 0.717) is 6.54 Å². The molecular formula is C16H24N4. The maximum absolute atomic E-state index is 5.97. The van der Waals surface area contributed by atoms with E-state index in [2.05, 4.69) is 61.4 Å². The number of aryl methyl sites for hydroxylation is 2. The summed E-state index contributed by atoms with van der Waals surface area (Å²) in [4.78, 5) is 2.29. The molecule has 0 radical (unpaired) electrons. The van der Waals surface area contributed by atoms with Gasteiger partial charge in [-0.2, -0.15) is 5.10 Å². The Hall–Kier alpha value is -1.65. The highest BCUT2D eigenvalue weighted by atomic mass is 15.3. The Morgan fingerprint density at radius 3 is 2.70 bits per heavy atom. The van der Waals surface area contributed by atoms with E-state index in [9.17, 15) is 0 Å². The number of nitrogens with two attached hydrogens (primary N) is 1. The van der Waals surface area contributed by atoms with Gasteiger partial charge in [-0.3, -0.25) is 9.58 Å². The van der Waals surface area contributed by atoms with Gasteiger partial charge >= 0.3 is 0 Å². The van der Waals surface area contributed by atoms with Crippen LogP contribution in [0, 0.1) is 6.92 Å². The van der Waals surface area contributed by atoms with Gasteiger partial charge in [-0.15, -0.1) is 0 Å². The number of hydrogen-bond acceptors (Lipinski definition) is 3. The fourth-order valence-corrected chi connectivity index (χ4v) is 2.46. The number of hydrogen-bond donors (Lipinski definition) is 1. The molecule has 0 fully saturated rings. The lowest BCUT2D eigenvalue weighted by atomic mass is 10.1. The molecule has 0 aliphatic heterocycles. The van der Waals surface area contributed by atoms with Crippen molar-refractivity contribution in [2.24, 2.45) is 5.73 Å². The van der Waals surface area contributed by atoms with Crippen LogP contribution >= 0.6 is 0 Å². The second-order valence-electron chi connectivity index (χ2n) is 5.22. The van der Waals surface area contributed by atoms with Gasteiger partial charge in [0.15, 0.2) is 0 Å². The van der Waals surface area contributed by atoms with E-state index in [1.807, 2.05) is 10.9 Å². The Bertz CT molecular complexity index is 547. The normalized spacial score (nSPS) is 12.8. The molecule has 4 nitrogen and oxygen atoms in total. The first-order valence-electron chi connectivity index (χ1n) is 7.12. The minimum Gasteiger partial charge on any atom is -0.329 e. The Labute approximate surface area is 121 Å². The van der Waals surface area contributed by atoms with Gasteiger partial charge in [0.25, 0.3) is 0 Å². The van der Waals surface area contributed by atoms with Crippen molar-refractivity contribution in [3.8, 4) is 0 Å². The quantitative estimate of drug-likeness (QED) is 0.878. The van der Waals surface area contributed by atoms with E-state index >= 15 is 0 Å². The van der Waals surface area contributed by atoms with Crippen LogP contribution in [0.5, 0.6) is 0 Å². The van der Waals surface area contributed by atoms with E-state index in [-0.39, 0.29) is 6.04 Å². The number of aromatic nitrogens is 2. The van der Waals surface area contributed by atoms with Gasteiger partial charge in [0.05, 0.1) is 12.2 Å². The van der Waals surface area contributed by atoms with Crippen molar-refractivity contribution in [1.29, 1.82) is 0 Å². The van der Waals surface area contributed by atoms with E-state index in [1.54, 1.807) is 0 Å². The molecule has 2 N–H and O–H groups in total. The maximum Gasteiger partial charge on any atom is 0.0538 e. The molecule has 1 aromatic carbocycles. The molecule has 0 spiro atoms. The summed E-state index contributed by atoms with van der Waals surface area (Å²) >= 11 is 0. The standard InChI is InChI=1S/C16H24N4/c1-4-20-12-15(10-18-20)16(9-17)19(3)11-14-8-6-5-7-13(14)2/h5-8,10,12,16H,4,9,11,17H2,1-3H3. The lowest BCUT2D eigenvalue weighted by molar-refractivity contribution is 0.241. The first-order valence-corrected chi connectivity index (χ1v) is 7.12. The van der Waals surface area contributed by atoms with Gasteiger partial charge < -0.3 is 5.73 Å². The summed E-state index contributed by atoms with van der Waals surface area (Å²) in [5, 5.41) is 4.34. The van der Waals surface area contributed by atoms with Gasteiger partial charge in [0.1, 0.15) is 0 Å². The smallest absolute Gasteiger partial charge is 0.0538 e. The third kappa shape index (κ3) is 3.26. The van der Waals surface area contributed by atoms with Crippen molar-refractivity contribution in [2.45, 2.75) is 33.0 Å². The van der Waals surface area contributed by atoms with E-state index in [1.165, 1.54) is 16.7 Å². The molecule has 1 aromatic heterocycles. The van der Waals surface area contributed by atoms with Gasteiger partial charge in [0, 0.05) is 31.4 Å². The van der Waals surface area contributed by atoms with Crippen molar-refractivity contribution in [1.82, 2.24) is 14.7 Å². The molecule has 2 aromatic rings. The fourth-order valence-electron chi connectivity index (χ4n) is 2.46. The molecule has 1 heterocycles. The average Bonchev–Trinajstić information content (AvgIpc) is 2.91. The zero-order valence-electron chi connectivity index (χ0n) is 12.6. The fraction of sp³-hybridized carbons (Fsp3) is 0.438.